The van der Waals surface area contributed by atoms with Crippen LogP contribution in [-0.4, -0.2) is 12.5 Å². The molecule has 0 aromatic rings. The Kier molecular flexibility index (Phi) is 22.2. The van der Waals surface area contributed by atoms with Gasteiger partial charge in [-0.3, -0.25) is 4.79 Å². The monoisotopic (exact) mass is 377 g/mol. The average molecular weight is 378 g/mol. The van der Waals surface area contributed by atoms with E-state index < -0.39 is 0 Å². The third-order valence-corrected chi connectivity index (χ3v) is 5.40. The van der Waals surface area contributed by atoms with E-state index in [1.807, 2.05) is 0 Å². The van der Waals surface area contributed by atoms with Crippen LogP contribution in [-0.2, 0) is 4.79 Å². The third kappa shape index (κ3) is 23.0. The Labute approximate surface area is 170 Å². The van der Waals surface area contributed by atoms with Crippen molar-refractivity contribution >= 4 is 5.91 Å². The van der Waals surface area contributed by atoms with Crippen molar-refractivity contribution in [3.8, 4) is 12.3 Å². The number of terminal acetylenes is 1. The molecule has 0 atom stereocenters. The molecule has 2 nitrogen and oxygen atoms in total. The van der Waals surface area contributed by atoms with Gasteiger partial charge in [-0.2, -0.15) is 0 Å². The van der Waals surface area contributed by atoms with E-state index in [9.17, 15) is 4.79 Å². The zero-order valence-corrected chi connectivity index (χ0v) is 18.3. The minimum Gasteiger partial charge on any atom is -0.345 e. The maximum Gasteiger partial charge on any atom is 0.220 e. The molecule has 1 N–H and O–H groups in total. The number of rotatable bonds is 21. The lowest BCUT2D eigenvalue weighted by Gasteiger charge is -2.04. The zero-order chi connectivity index (χ0) is 19.8. The quantitative estimate of drug-likeness (QED) is 0.162. The summed E-state index contributed by atoms with van der Waals surface area (Å²) in [4.78, 5) is 11.4. The number of amides is 1. The Hall–Kier alpha value is -0.970. The first-order chi connectivity index (χ1) is 13.3. The van der Waals surface area contributed by atoms with Crippen LogP contribution < -0.4 is 5.32 Å². The van der Waals surface area contributed by atoms with Crippen LogP contribution in [0.2, 0.25) is 0 Å². The molecule has 0 aromatic carbocycles. The highest BCUT2D eigenvalue weighted by Gasteiger charge is 1.99. The van der Waals surface area contributed by atoms with Crippen LogP contribution in [0.1, 0.15) is 135 Å². The van der Waals surface area contributed by atoms with E-state index in [1.54, 1.807) is 0 Å². The van der Waals surface area contributed by atoms with Gasteiger partial charge < -0.3 is 5.32 Å². The maximum absolute atomic E-state index is 11.4. The summed E-state index contributed by atoms with van der Waals surface area (Å²) < 4.78 is 0. The SMILES string of the molecule is C#CCNC(=O)CCCCCCCCCCCCCCCCCCCCC. The van der Waals surface area contributed by atoms with E-state index in [0.717, 1.165) is 6.42 Å². The van der Waals surface area contributed by atoms with Gasteiger partial charge in [-0.1, -0.05) is 128 Å². The normalized spacial score (nSPS) is 10.7. The molecule has 1 amide bonds. The lowest BCUT2D eigenvalue weighted by molar-refractivity contribution is -0.120. The predicted octanol–water partition coefficient (Wildman–Crippen LogP) is 7.56. The largest absolute Gasteiger partial charge is 0.345 e. The minimum atomic E-state index is 0.0972. The predicted molar refractivity (Wildman–Crippen MR) is 120 cm³/mol. The topological polar surface area (TPSA) is 29.1 Å². The van der Waals surface area contributed by atoms with E-state index in [4.69, 9.17) is 6.42 Å². The van der Waals surface area contributed by atoms with Gasteiger partial charge in [0, 0.05) is 6.42 Å². The van der Waals surface area contributed by atoms with E-state index in [1.165, 1.54) is 116 Å². The second-order valence-corrected chi connectivity index (χ2v) is 8.09. The summed E-state index contributed by atoms with van der Waals surface area (Å²) in [6.45, 7) is 2.65. The van der Waals surface area contributed by atoms with Gasteiger partial charge in [0.15, 0.2) is 0 Å². The Bertz CT molecular complexity index is 345. The highest BCUT2D eigenvalue weighted by molar-refractivity contribution is 5.76. The molecule has 0 heterocycles. The molecule has 0 unspecified atom stereocenters. The Balaban J connectivity index is 3.05. The van der Waals surface area contributed by atoms with Gasteiger partial charge in [0.1, 0.15) is 0 Å². The number of nitrogens with one attached hydrogen (secondary N) is 1. The first-order valence-corrected chi connectivity index (χ1v) is 12.0. The molecule has 0 rings (SSSR count). The number of unbranched alkanes of at least 4 members (excludes halogenated alkanes) is 18. The van der Waals surface area contributed by atoms with Crippen molar-refractivity contribution < 1.29 is 4.79 Å². The average Bonchev–Trinajstić information content (AvgIpc) is 2.68. The summed E-state index contributed by atoms with van der Waals surface area (Å²) >= 11 is 0. The van der Waals surface area contributed by atoms with Crippen molar-refractivity contribution in [1.29, 1.82) is 0 Å². The van der Waals surface area contributed by atoms with Gasteiger partial charge in [0.25, 0.3) is 0 Å². The Morgan fingerprint density at radius 1 is 0.630 bits per heavy atom. The molecule has 0 spiro atoms. The summed E-state index contributed by atoms with van der Waals surface area (Å²) in [7, 11) is 0. The highest BCUT2D eigenvalue weighted by Crippen LogP contribution is 2.14. The molecule has 0 bridgehead atoms. The van der Waals surface area contributed by atoms with Gasteiger partial charge in [-0.25, -0.2) is 0 Å². The molecule has 0 aliphatic heterocycles. The van der Waals surface area contributed by atoms with Crippen LogP contribution in [0.5, 0.6) is 0 Å². The second-order valence-electron chi connectivity index (χ2n) is 8.09. The molecule has 0 aliphatic rings. The van der Waals surface area contributed by atoms with Crippen LogP contribution in [0, 0.1) is 12.3 Å². The van der Waals surface area contributed by atoms with Gasteiger partial charge >= 0.3 is 0 Å². The Morgan fingerprint density at radius 3 is 1.30 bits per heavy atom. The molecular formula is C25H47NO. The van der Waals surface area contributed by atoms with Gasteiger partial charge in [0.2, 0.25) is 5.91 Å². The summed E-state index contributed by atoms with van der Waals surface area (Å²) in [5, 5.41) is 2.72. The molecule has 0 radical (unpaired) electrons. The van der Waals surface area contributed by atoms with Gasteiger partial charge in [-0.05, 0) is 6.42 Å². The van der Waals surface area contributed by atoms with Crippen LogP contribution in [0.15, 0.2) is 0 Å². The maximum atomic E-state index is 11.4. The molecule has 2 heteroatoms. The number of hydrogen-bond acceptors (Lipinski definition) is 1. The lowest BCUT2D eigenvalue weighted by Crippen LogP contribution is -2.22. The summed E-state index contributed by atoms with van der Waals surface area (Å²) in [6, 6.07) is 0. The van der Waals surface area contributed by atoms with Gasteiger partial charge in [0.05, 0.1) is 6.54 Å². The molecule has 158 valence electrons. The summed E-state index contributed by atoms with van der Waals surface area (Å²) in [5.41, 5.74) is 0. The van der Waals surface area contributed by atoms with Crippen LogP contribution in [0.25, 0.3) is 0 Å². The van der Waals surface area contributed by atoms with E-state index in [-0.39, 0.29) is 5.91 Å². The Morgan fingerprint density at radius 2 is 0.963 bits per heavy atom. The van der Waals surface area contributed by atoms with E-state index in [2.05, 4.69) is 18.2 Å². The van der Waals surface area contributed by atoms with Crippen LogP contribution in [0.3, 0.4) is 0 Å². The van der Waals surface area contributed by atoms with E-state index in [0.29, 0.717) is 13.0 Å². The lowest BCUT2D eigenvalue weighted by atomic mass is 10.0. The molecular weight excluding hydrogens is 330 g/mol. The second kappa shape index (κ2) is 23.1. The summed E-state index contributed by atoms with van der Waals surface area (Å²) in [5.74, 6) is 2.53. The first-order valence-electron chi connectivity index (χ1n) is 12.0. The highest BCUT2D eigenvalue weighted by atomic mass is 16.1. The van der Waals surface area contributed by atoms with Crippen molar-refractivity contribution in [2.24, 2.45) is 0 Å². The fourth-order valence-corrected chi connectivity index (χ4v) is 3.60. The van der Waals surface area contributed by atoms with E-state index >= 15 is 0 Å². The van der Waals surface area contributed by atoms with Crippen molar-refractivity contribution in [1.82, 2.24) is 5.32 Å². The molecule has 0 aliphatic carbocycles. The smallest absolute Gasteiger partial charge is 0.220 e. The molecule has 0 aromatic heterocycles. The minimum absolute atomic E-state index is 0.0972. The summed E-state index contributed by atoms with van der Waals surface area (Å²) in [6.07, 6.45) is 31.9. The van der Waals surface area contributed by atoms with Crippen LogP contribution >= 0.6 is 0 Å². The number of carbonyl (C=O) groups excluding carboxylic acids is 1. The molecule has 0 saturated carbocycles. The van der Waals surface area contributed by atoms with Crippen LogP contribution in [0.4, 0.5) is 0 Å². The fraction of sp³-hybridized carbons (Fsp3) is 0.880. The number of carbonyl (C=O) groups is 1. The molecule has 0 fully saturated rings. The van der Waals surface area contributed by atoms with Crippen molar-refractivity contribution in [3.63, 3.8) is 0 Å². The zero-order valence-electron chi connectivity index (χ0n) is 18.3. The first kappa shape index (κ1) is 26.0. The molecule has 27 heavy (non-hydrogen) atoms. The van der Waals surface area contributed by atoms with Gasteiger partial charge in [-0.15, -0.1) is 6.42 Å². The fourth-order valence-electron chi connectivity index (χ4n) is 3.60. The standard InChI is InChI=1S/C25H47NO/c1-3-5-6-7-8-9-10-11-12-13-14-15-16-17-18-19-20-21-22-23-25(27)26-24-4-2/h2H,3,5-24H2,1H3,(H,26,27). The number of hydrogen-bond donors (Lipinski definition) is 1. The molecule has 0 saturated heterocycles. The van der Waals surface area contributed by atoms with Crippen molar-refractivity contribution in [2.45, 2.75) is 135 Å². The van der Waals surface area contributed by atoms with Crippen molar-refractivity contribution in [2.75, 3.05) is 6.54 Å². The third-order valence-electron chi connectivity index (χ3n) is 5.40. The van der Waals surface area contributed by atoms with Crippen molar-refractivity contribution in [3.05, 3.63) is 0 Å².